The minimum absolute atomic E-state index is 0.0234. The zero-order valence-corrected chi connectivity index (χ0v) is 10.4. The summed E-state index contributed by atoms with van der Waals surface area (Å²) < 4.78 is 15.7. The van der Waals surface area contributed by atoms with Crippen LogP contribution in [0, 0.1) is 0 Å². The lowest BCUT2D eigenvalue weighted by Crippen LogP contribution is -2.17. The molecule has 17 heavy (non-hydrogen) atoms. The van der Waals surface area contributed by atoms with Crippen LogP contribution in [-0.2, 0) is 6.42 Å². The highest BCUT2D eigenvalue weighted by atomic mass is 16.5. The van der Waals surface area contributed by atoms with Gasteiger partial charge in [-0.25, -0.2) is 0 Å². The third-order valence-corrected chi connectivity index (χ3v) is 2.43. The Labute approximate surface area is 101 Å². The van der Waals surface area contributed by atoms with Crippen molar-refractivity contribution in [3.05, 3.63) is 17.7 Å². The standard InChI is InChI=1S/C12H19NO4/c1-15-10-6-9(4-5-13-8-14)7-11(16-2)12(10)17-3/h6-7,13-14H,4-5,8H2,1-3H3. The summed E-state index contributed by atoms with van der Waals surface area (Å²) >= 11 is 0. The summed E-state index contributed by atoms with van der Waals surface area (Å²) in [6.45, 7) is 0.666. The number of aliphatic hydroxyl groups is 1. The molecule has 0 saturated carbocycles. The third-order valence-electron chi connectivity index (χ3n) is 2.43. The SMILES string of the molecule is COc1cc(CCNCO)cc(OC)c1OC. The molecule has 0 atom stereocenters. The molecule has 2 N–H and O–H groups in total. The Morgan fingerprint density at radius 1 is 1.06 bits per heavy atom. The van der Waals surface area contributed by atoms with E-state index in [0.717, 1.165) is 12.0 Å². The van der Waals surface area contributed by atoms with E-state index in [2.05, 4.69) is 5.32 Å². The highest BCUT2D eigenvalue weighted by Gasteiger charge is 2.12. The third kappa shape index (κ3) is 3.51. The van der Waals surface area contributed by atoms with E-state index in [0.29, 0.717) is 23.8 Å². The van der Waals surface area contributed by atoms with Crippen LogP contribution in [0.25, 0.3) is 0 Å². The molecule has 0 unspecified atom stereocenters. The van der Waals surface area contributed by atoms with Crippen LogP contribution in [0.4, 0.5) is 0 Å². The molecule has 0 radical (unpaired) electrons. The van der Waals surface area contributed by atoms with Crippen LogP contribution in [0.3, 0.4) is 0 Å². The monoisotopic (exact) mass is 241 g/mol. The topological polar surface area (TPSA) is 60.0 Å². The second-order valence-electron chi connectivity index (χ2n) is 3.44. The van der Waals surface area contributed by atoms with Crippen LogP contribution in [0.2, 0.25) is 0 Å². The number of nitrogens with one attached hydrogen (secondary N) is 1. The number of aliphatic hydroxyl groups excluding tert-OH is 1. The minimum Gasteiger partial charge on any atom is -0.493 e. The Kier molecular flexibility index (Phi) is 5.59. The van der Waals surface area contributed by atoms with Gasteiger partial charge in [0.2, 0.25) is 5.75 Å². The molecule has 0 amide bonds. The molecule has 0 aliphatic rings. The van der Waals surface area contributed by atoms with Crippen molar-refractivity contribution in [1.82, 2.24) is 5.32 Å². The van der Waals surface area contributed by atoms with Crippen molar-refractivity contribution < 1.29 is 19.3 Å². The summed E-state index contributed by atoms with van der Waals surface area (Å²) in [6, 6.07) is 3.81. The first kappa shape index (κ1) is 13.6. The summed E-state index contributed by atoms with van der Waals surface area (Å²) in [5.74, 6) is 1.88. The number of ether oxygens (including phenoxy) is 3. The highest BCUT2D eigenvalue weighted by Crippen LogP contribution is 2.38. The van der Waals surface area contributed by atoms with Crippen molar-refractivity contribution in [1.29, 1.82) is 0 Å². The van der Waals surface area contributed by atoms with Crippen molar-refractivity contribution in [2.24, 2.45) is 0 Å². The molecule has 0 spiro atoms. The van der Waals surface area contributed by atoms with Gasteiger partial charge >= 0.3 is 0 Å². The molecule has 1 rings (SSSR count). The molecular formula is C12H19NO4. The molecule has 0 aliphatic carbocycles. The Morgan fingerprint density at radius 2 is 1.65 bits per heavy atom. The molecule has 0 fully saturated rings. The number of hydrogen-bond acceptors (Lipinski definition) is 5. The van der Waals surface area contributed by atoms with Crippen molar-refractivity contribution in [3.63, 3.8) is 0 Å². The maximum Gasteiger partial charge on any atom is 0.203 e. The quantitative estimate of drug-likeness (QED) is 0.546. The Balaban J connectivity index is 2.92. The van der Waals surface area contributed by atoms with Gasteiger partial charge in [-0.1, -0.05) is 0 Å². The van der Waals surface area contributed by atoms with Gasteiger partial charge in [0, 0.05) is 6.54 Å². The maximum atomic E-state index is 8.65. The fourth-order valence-corrected chi connectivity index (χ4v) is 1.59. The summed E-state index contributed by atoms with van der Waals surface area (Å²) in [6.07, 6.45) is 0.775. The predicted octanol–water partition coefficient (Wildman–Crippen LogP) is 0.794. The van der Waals surface area contributed by atoms with Crippen LogP contribution in [0.1, 0.15) is 5.56 Å². The normalized spacial score (nSPS) is 10.1. The molecule has 1 aromatic rings. The minimum atomic E-state index is -0.0234. The highest BCUT2D eigenvalue weighted by molar-refractivity contribution is 5.53. The molecule has 0 heterocycles. The number of benzene rings is 1. The van der Waals surface area contributed by atoms with Gasteiger partial charge < -0.3 is 19.3 Å². The van der Waals surface area contributed by atoms with Gasteiger partial charge in [0.15, 0.2) is 11.5 Å². The average molecular weight is 241 g/mol. The van der Waals surface area contributed by atoms with E-state index in [4.69, 9.17) is 19.3 Å². The predicted molar refractivity (Wildman–Crippen MR) is 64.9 cm³/mol. The van der Waals surface area contributed by atoms with Crippen LogP contribution in [0.15, 0.2) is 12.1 Å². The van der Waals surface area contributed by atoms with Crippen molar-refractivity contribution in [3.8, 4) is 17.2 Å². The van der Waals surface area contributed by atoms with Crippen LogP contribution in [0.5, 0.6) is 17.2 Å². The molecule has 0 saturated heterocycles. The van der Waals surface area contributed by atoms with Gasteiger partial charge in [-0.2, -0.15) is 0 Å². The van der Waals surface area contributed by atoms with Gasteiger partial charge in [-0.3, -0.25) is 5.32 Å². The number of rotatable bonds is 7. The van der Waals surface area contributed by atoms with E-state index in [1.54, 1.807) is 21.3 Å². The lowest BCUT2D eigenvalue weighted by Gasteiger charge is -2.14. The summed E-state index contributed by atoms with van der Waals surface area (Å²) in [7, 11) is 4.76. The molecule has 5 heteroatoms. The fraction of sp³-hybridized carbons (Fsp3) is 0.500. The van der Waals surface area contributed by atoms with E-state index >= 15 is 0 Å². The van der Waals surface area contributed by atoms with Crippen LogP contribution < -0.4 is 19.5 Å². The first-order chi connectivity index (χ1) is 8.26. The van der Waals surface area contributed by atoms with Crippen LogP contribution >= 0.6 is 0 Å². The number of methoxy groups -OCH3 is 3. The van der Waals surface area contributed by atoms with Crippen molar-refractivity contribution in [2.45, 2.75) is 6.42 Å². The second-order valence-corrected chi connectivity index (χ2v) is 3.44. The largest absolute Gasteiger partial charge is 0.493 e. The molecule has 0 bridgehead atoms. The first-order valence-electron chi connectivity index (χ1n) is 5.37. The first-order valence-corrected chi connectivity index (χ1v) is 5.37. The van der Waals surface area contributed by atoms with Gasteiger partial charge in [0.25, 0.3) is 0 Å². The molecule has 0 aromatic heterocycles. The van der Waals surface area contributed by atoms with Gasteiger partial charge in [-0.15, -0.1) is 0 Å². The Bertz CT molecular complexity index is 329. The maximum absolute atomic E-state index is 8.65. The smallest absolute Gasteiger partial charge is 0.203 e. The lowest BCUT2D eigenvalue weighted by molar-refractivity contribution is 0.262. The molecular weight excluding hydrogens is 222 g/mol. The summed E-state index contributed by atoms with van der Waals surface area (Å²) in [5.41, 5.74) is 1.06. The Hall–Kier alpha value is -1.46. The number of hydrogen-bond donors (Lipinski definition) is 2. The summed E-state index contributed by atoms with van der Waals surface area (Å²) in [4.78, 5) is 0. The van der Waals surface area contributed by atoms with Gasteiger partial charge in [-0.05, 0) is 24.1 Å². The van der Waals surface area contributed by atoms with Crippen molar-refractivity contribution in [2.75, 3.05) is 34.6 Å². The van der Waals surface area contributed by atoms with E-state index in [1.807, 2.05) is 12.1 Å². The molecule has 0 aliphatic heterocycles. The fourth-order valence-electron chi connectivity index (χ4n) is 1.59. The second kappa shape index (κ2) is 6.98. The van der Waals surface area contributed by atoms with E-state index in [9.17, 15) is 0 Å². The summed E-state index contributed by atoms with van der Waals surface area (Å²) in [5, 5.41) is 11.5. The van der Waals surface area contributed by atoms with E-state index < -0.39 is 0 Å². The zero-order chi connectivity index (χ0) is 12.7. The van der Waals surface area contributed by atoms with E-state index in [-0.39, 0.29) is 6.73 Å². The van der Waals surface area contributed by atoms with E-state index in [1.165, 1.54) is 0 Å². The van der Waals surface area contributed by atoms with Crippen molar-refractivity contribution >= 4 is 0 Å². The average Bonchev–Trinajstić information content (AvgIpc) is 2.37. The molecule has 1 aromatic carbocycles. The van der Waals surface area contributed by atoms with Gasteiger partial charge in [0.05, 0.1) is 28.1 Å². The van der Waals surface area contributed by atoms with Crippen LogP contribution in [-0.4, -0.2) is 39.7 Å². The zero-order valence-electron chi connectivity index (χ0n) is 10.4. The lowest BCUT2D eigenvalue weighted by atomic mass is 10.1. The van der Waals surface area contributed by atoms with Gasteiger partial charge in [0.1, 0.15) is 0 Å². The Morgan fingerprint density at radius 3 is 2.06 bits per heavy atom. The molecule has 5 nitrogen and oxygen atoms in total. The molecule has 96 valence electrons.